The largest absolute Gasteiger partial charge is 0.389 e. The minimum Gasteiger partial charge on any atom is -0.389 e. The van der Waals surface area contributed by atoms with Gasteiger partial charge in [-0.2, -0.15) is 0 Å². The summed E-state index contributed by atoms with van der Waals surface area (Å²) in [5.74, 6) is 0.561. The average molecular weight is 264 g/mol. The maximum absolute atomic E-state index is 5.76. The van der Waals surface area contributed by atoms with Gasteiger partial charge < -0.3 is 15.8 Å². The normalized spacial score (nSPS) is 23.0. The Bertz CT molecular complexity index is 447. The summed E-state index contributed by atoms with van der Waals surface area (Å²) in [6.07, 6.45) is 1.44. The molecule has 1 aliphatic heterocycles. The predicted octanol–water partition coefficient (Wildman–Crippen LogP) is 2.47. The zero-order chi connectivity index (χ0) is 13.1. The van der Waals surface area contributed by atoms with Gasteiger partial charge in [0.05, 0.1) is 6.10 Å². The van der Waals surface area contributed by atoms with Crippen LogP contribution in [0.3, 0.4) is 0 Å². The minimum absolute atomic E-state index is 0.330. The fourth-order valence-corrected chi connectivity index (χ4v) is 2.47. The summed E-state index contributed by atoms with van der Waals surface area (Å²) in [5.41, 5.74) is 8.88. The third-order valence-electron chi connectivity index (χ3n) is 3.53. The molecule has 0 spiro atoms. The van der Waals surface area contributed by atoms with Crippen molar-refractivity contribution in [2.75, 3.05) is 18.5 Å². The Kier molecular flexibility index (Phi) is 4.19. The second kappa shape index (κ2) is 5.67. The Morgan fingerprint density at radius 1 is 1.56 bits per heavy atom. The van der Waals surface area contributed by atoms with Crippen molar-refractivity contribution in [1.29, 1.82) is 0 Å². The van der Waals surface area contributed by atoms with E-state index < -0.39 is 0 Å². The number of aryl methyl sites for hydroxylation is 1. The maximum Gasteiger partial charge on any atom is 0.106 e. The molecule has 0 radical (unpaired) electrons. The van der Waals surface area contributed by atoms with Gasteiger partial charge in [-0.15, -0.1) is 0 Å². The number of hydrogen-bond donors (Lipinski definition) is 2. The van der Waals surface area contributed by atoms with Crippen LogP contribution < -0.4 is 11.1 Å². The van der Waals surface area contributed by atoms with E-state index in [-0.39, 0.29) is 0 Å². The summed E-state index contributed by atoms with van der Waals surface area (Å²) in [6, 6.07) is 6.14. The molecule has 0 bridgehead atoms. The fourth-order valence-electron chi connectivity index (χ4n) is 2.30. The van der Waals surface area contributed by atoms with Crippen molar-refractivity contribution in [3.63, 3.8) is 0 Å². The first kappa shape index (κ1) is 13.3. The highest BCUT2D eigenvalue weighted by molar-refractivity contribution is 7.80. The predicted molar refractivity (Wildman–Crippen MR) is 79.1 cm³/mol. The van der Waals surface area contributed by atoms with Gasteiger partial charge in [-0.25, -0.2) is 0 Å². The molecule has 0 aromatic heterocycles. The van der Waals surface area contributed by atoms with Gasteiger partial charge in [0.15, 0.2) is 0 Å². The lowest BCUT2D eigenvalue weighted by molar-refractivity contribution is 0.108. The number of rotatable bonds is 4. The van der Waals surface area contributed by atoms with E-state index in [2.05, 4.69) is 18.3 Å². The molecule has 1 fully saturated rings. The number of anilines is 1. The summed E-state index contributed by atoms with van der Waals surface area (Å²) >= 11 is 5.09. The van der Waals surface area contributed by atoms with Crippen LogP contribution in [-0.2, 0) is 4.74 Å². The van der Waals surface area contributed by atoms with Gasteiger partial charge in [0.25, 0.3) is 0 Å². The first-order chi connectivity index (χ1) is 8.58. The van der Waals surface area contributed by atoms with Crippen LogP contribution in [0.2, 0.25) is 0 Å². The quantitative estimate of drug-likeness (QED) is 0.820. The molecule has 1 aromatic rings. The molecule has 18 heavy (non-hydrogen) atoms. The molecule has 3 nitrogen and oxygen atoms in total. The topological polar surface area (TPSA) is 47.3 Å². The van der Waals surface area contributed by atoms with Gasteiger partial charge in [0.1, 0.15) is 4.99 Å². The number of benzene rings is 1. The molecule has 4 heteroatoms. The third kappa shape index (κ3) is 3.00. The first-order valence-electron chi connectivity index (χ1n) is 6.34. The van der Waals surface area contributed by atoms with Gasteiger partial charge in [-0.3, -0.25) is 0 Å². The summed E-state index contributed by atoms with van der Waals surface area (Å²) in [5, 5.41) is 3.45. The average Bonchev–Trinajstić information content (AvgIpc) is 2.73. The summed E-state index contributed by atoms with van der Waals surface area (Å²) in [4.78, 5) is 0.442. The number of ether oxygens (including phenoxy) is 1. The van der Waals surface area contributed by atoms with Gasteiger partial charge >= 0.3 is 0 Å². The van der Waals surface area contributed by atoms with Crippen molar-refractivity contribution in [3.05, 3.63) is 29.3 Å². The van der Waals surface area contributed by atoms with E-state index in [4.69, 9.17) is 22.7 Å². The fraction of sp³-hybridized carbons (Fsp3) is 0.500. The second-order valence-electron chi connectivity index (χ2n) is 4.92. The van der Waals surface area contributed by atoms with Crippen LogP contribution in [0.25, 0.3) is 0 Å². The van der Waals surface area contributed by atoms with Crippen molar-refractivity contribution < 1.29 is 4.74 Å². The first-order valence-corrected chi connectivity index (χ1v) is 6.74. The molecular formula is C14H20N2OS. The molecule has 1 saturated heterocycles. The zero-order valence-electron chi connectivity index (χ0n) is 10.9. The highest BCUT2D eigenvalue weighted by Crippen LogP contribution is 2.23. The Morgan fingerprint density at radius 2 is 2.33 bits per heavy atom. The van der Waals surface area contributed by atoms with E-state index in [9.17, 15) is 0 Å². The van der Waals surface area contributed by atoms with E-state index in [0.717, 1.165) is 30.8 Å². The van der Waals surface area contributed by atoms with Crippen molar-refractivity contribution in [2.24, 2.45) is 11.7 Å². The lowest BCUT2D eigenvalue weighted by Gasteiger charge is -2.17. The van der Waals surface area contributed by atoms with Gasteiger partial charge in [0.2, 0.25) is 0 Å². The molecule has 1 heterocycles. The van der Waals surface area contributed by atoms with Crippen LogP contribution >= 0.6 is 12.2 Å². The van der Waals surface area contributed by atoms with Crippen molar-refractivity contribution in [2.45, 2.75) is 26.4 Å². The Balaban J connectivity index is 2.06. The lowest BCUT2D eigenvalue weighted by Crippen LogP contribution is -2.22. The third-order valence-corrected chi connectivity index (χ3v) is 3.75. The Hall–Kier alpha value is -1.13. The highest BCUT2D eigenvalue weighted by Gasteiger charge is 2.23. The molecule has 0 saturated carbocycles. The molecule has 2 unspecified atom stereocenters. The maximum atomic E-state index is 5.76. The standard InChI is InChI=1S/C14H20N2OS/c1-9-3-4-13(12(7-9)14(15)18)16-8-11-5-6-17-10(11)2/h3-4,7,10-11,16H,5-6,8H2,1-2H3,(H2,15,18). The van der Waals surface area contributed by atoms with Crippen LogP contribution in [0.4, 0.5) is 5.69 Å². The number of thiocarbonyl (C=S) groups is 1. The molecule has 98 valence electrons. The molecular weight excluding hydrogens is 244 g/mol. The summed E-state index contributed by atoms with van der Waals surface area (Å²) in [7, 11) is 0. The van der Waals surface area contributed by atoms with Gasteiger partial charge in [-0.05, 0) is 32.4 Å². The number of nitrogens with two attached hydrogens (primary N) is 1. The molecule has 1 aliphatic rings. The molecule has 2 rings (SSSR count). The summed E-state index contributed by atoms with van der Waals surface area (Å²) in [6.45, 7) is 5.94. The van der Waals surface area contributed by atoms with Crippen LogP contribution in [0.15, 0.2) is 18.2 Å². The molecule has 1 aromatic carbocycles. The van der Waals surface area contributed by atoms with E-state index in [1.165, 1.54) is 5.56 Å². The summed E-state index contributed by atoms with van der Waals surface area (Å²) < 4.78 is 5.56. The van der Waals surface area contributed by atoms with E-state index in [0.29, 0.717) is 17.0 Å². The van der Waals surface area contributed by atoms with Crippen molar-refractivity contribution in [3.8, 4) is 0 Å². The Morgan fingerprint density at radius 3 is 2.94 bits per heavy atom. The van der Waals surface area contributed by atoms with Crippen LogP contribution in [0.5, 0.6) is 0 Å². The van der Waals surface area contributed by atoms with Crippen LogP contribution in [0, 0.1) is 12.8 Å². The molecule has 0 aliphatic carbocycles. The second-order valence-corrected chi connectivity index (χ2v) is 5.36. The minimum atomic E-state index is 0.330. The van der Waals surface area contributed by atoms with E-state index >= 15 is 0 Å². The smallest absolute Gasteiger partial charge is 0.106 e. The number of nitrogens with one attached hydrogen (secondary N) is 1. The van der Waals surface area contributed by atoms with Crippen LogP contribution in [0.1, 0.15) is 24.5 Å². The molecule has 2 atom stereocenters. The monoisotopic (exact) mass is 264 g/mol. The number of hydrogen-bond acceptors (Lipinski definition) is 3. The van der Waals surface area contributed by atoms with E-state index in [1.54, 1.807) is 0 Å². The highest BCUT2D eigenvalue weighted by atomic mass is 32.1. The molecule has 3 N–H and O–H groups in total. The Labute approximate surface area is 114 Å². The van der Waals surface area contributed by atoms with Crippen LogP contribution in [-0.4, -0.2) is 24.2 Å². The zero-order valence-corrected chi connectivity index (χ0v) is 11.7. The van der Waals surface area contributed by atoms with Gasteiger partial charge in [-0.1, -0.05) is 23.8 Å². The van der Waals surface area contributed by atoms with Crippen molar-refractivity contribution in [1.82, 2.24) is 0 Å². The molecule has 0 amide bonds. The van der Waals surface area contributed by atoms with Gasteiger partial charge in [0, 0.05) is 30.3 Å². The van der Waals surface area contributed by atoms with Crippen molar-refractivity contribution >= 4 is 22.9 Å². The SMILES string of the molecule is Cc1ccc(NCC2CCOC2C)c(C(N)=S)c1. The lowest BCUT2D eigenvalue weighted by atomic mass is 10.0. The van der Waals surface area contributed by atoms with E-state index in [1.807, 2.05) is 19.1 Å².